The summed E-state index contributed by atoms with van der Waals surface area (Å²) in [6.45, 7) is -1.71. The molecule has 1 amide bonds. The molecule has 178 valence electrons. The second-order valence-electron chi connectivity index (χ2n) is 9.88. The van der Waals surface area contributed by atoms with Crippen molar-refractivity contribution in [3.8, 4) is 11.1 Å². The molecule has 7 rings (SSSR count). The Bertz CT molecular complexity index is 1300. The Kier molecular flexibility index (Phi) is 3.85. The van der Waals surface area contributed by atoms with Crippen LogP contribution in [0, 0.1) is 11.3 Å². The van der Waals surface area contributed by atoms with Crippen molar-refractivity contribution in [2.45, 2.75) is 50.2 Å². The van der Waals surface area contributed by atoms with E-state index in [2.05, 4.69) is 20.1 Å². The highest BCUT2D eigenvalue weighted by Gasteiger charge is 2.89. The van der Waals surface area contributed by atoms with Crippen molar-refractivity contribution in [3.63, 3.8) is 0 Å². The molecule has 3 atom stereocenters. The number of rotatable bonds is 4. The van der Waals surface area contributed by atoms with Gasteiger partial charge in [0.25, 0.3) is 5.92 Å². The Hall–Kier alpha value is -3.18. The molecule has 1 spiro atoms. The van der Waals surface area contributed by atoms with Crippen LogP contribution in [0.2, 0.25) is 0 Å². The minimum absolute atomic E-state index is 0.132. The number of halogens is 4. The van der Waals surface area contributed by atoms with Crippen molar-refractivity contribution in [2.75, 3.05) is 18.0 Å². The standard InChI is InChI=1S/C22H21F4N7O/c23-20(24)32-8-13(6-28-32)12-5-16-18(27-11-29-31(16)7-12)30-9-14-1-2-15(10-30)33(14)19(34)17-21(3-4-21)22(17,25)26/h5-8,11,14-15,17,20H,1-4,9-10H2. The fraction of sp³-hybridized carbons (Fsp3) is 0.545. The first-order valence-corrected chi connectivity index (χ1v) is 11.4. The fourth-order valence-electron chi connectivity index (χ4n) is 6.15. The molecule has 3 aromatic heterocycles. The van der Waals surface area contributed by atoms with Gasteiger partial charge in [-0.3, -0.25) is 4.79 Å². The summed E-state index contributed by atoms with van der Waals surface area (Å²) in [4.78, 5) is 21.4. The average Bonchev–Trinajstić information content (AvgIpc) is 3.38. The molecule has 4 aliphatic rings. The van der Waals surface area contributed by atoms with Crippen molar-refractivity contribution < 1.29 is 22.4 Å². The molecule has 0 aromatic carbocycles. The normalized spacial score (nSPS) is 28.3. The number of fused-ring (bicyclic) bond motifs is 3. The second kappa shape index (κ2) is 6.48. The Morgan fingerprint density at radius 2 is 1.79 bits per heavy atom. The quantitative estimate of drug-likeness (QED) is 0.542. The van der Waals surface area contributed by atoms with E-state index in [9.17, 15) is 22.4 Å². The lowest BCUT2D eigenvalue weighted by atomic mass is 10.1. The van der Waals surface area contributed by atoms with Gasteiger partial charge < -0.3 is 9.80 Å². The second-order valence-corrected chi connectivity index (χ2v) is 9.88. The molecule has 3 aromatic rings. The minimum Gasteiger partial charge on any atom is -0.351 e. The Labute approximate surface area is 191 Å². The van der Waals surface area contributed by atoms with E-state index in [4.69, 9.17) is 0 Å². The maximum absolute atomic E-state index is 14.3. The van der Waals surface area contributed by atoms with E-state index < -0.39 is 23.8 Å². The zero-order valence-electron chi connectivity index (χ0n) is 18.0. The minimum atomic E-state index is -2.86. The monoisotopic (exact) mass is 475 g/mol. The summed E-state index contributed by atoms with van der Waals surface area (Å²) in [6.07, 6.45) is 8.24. The van der Waals surface area contributed by atoms with Crippen molar-refractivity contribution in [2.24, 2.45) is 11.3 Å². The third-order valence-corrected chi connectivity index (χ3v) is 8.09. The number of hydrogen-bond donors (Lipinski definition) is 0. The van der Waals surface area contributed by atoms with Crippen molar-refractivity contribution in [1.29, 1.82) is 0 Å². The maximum atomic E-state index is 14.3. The van der Waals surface area contributed by atoms with Crippen LogP contribution in [0.15, 0.2) is 31.0 Å². The molecule has 0 radical (unpaired) electrons. The number of carbonyl (C=O) groups excluding carboxylic acids is 1. The predicted molar refractivity (Wildman–Crippen MR) is 111 cm³/mol. The number of anilines is 1. The van der Waals surface area contributed by atoms with Gasteiger partial charge in [-0.25, -0.2) is 23.0 Å². The maximum Gasteiger partial charge on any atom is 0.333 e. The van der Waals surface area contributed by atoms with Crippen molar-refractivity contribution in [3.05, 3.63) is 31.0 Å². The van der Waals surface area contributed by atoms with Gasteiger partial charge in [0.15, 0.2) is 5.82 Å². The molecule has 34 heavy (non-hydrogen) atoms. The SMILES string of the molecule is O=C(C1C(F)(F)C12CC2)N1C2CCC1CN(c1ncnn3cc(-c4cnn(C(F)F)c4)cc13)C2. The van der Waals surface area contributed by atoms with Crippen LogP contribution in [0.3, 0.4) is 0 Å². The molecule has 2 saturated carbocycles. The highest BCUT2D eigenvalue weighted by atomic mass is 19.3. The van der Waals surface area contributed by atoms with E-state index >= 15 is 0 Å². The lowest BCUT2D eigenvalue weighted by Crippen LogP contribution is -2.57. The Balaban J connectivity index is 1.16. The number of piperazine rings is 1. The van der Waals surface area contributed by atoms with E-state index in [0.717, 1.165) is 12.8 Å². The van der Waals surface area contributed by atoms with Crippen LogP contribution < -0.4 is 4.90 Å². The van der Waals surface area contributed by atoms with Gasteiger partial charge in [-0.15, -0.1) is 0 Å². The third kappa shape index (κ3) is 2.59. The van der Waals surface area contributed by atoms with Gasteiger partial charge in [0, 0.05) is 48.7 Å². The van der Waals surface area contributed by atoms with Crippen LogP contribution in [0.25, 0.3) is 16.6 Å². The van der Waals surface area contributed by atoms with Crippen LogP contribution >= 0.6 is 0 Å². The van der Waals surface area contributed by atoms with Crippen LogP contribution in [0.4, 0.5) is 23.4 Å². The topological polar surface area (TPSA) is 71.6 Å². The van der Waals surface area contributed by atoms with Crippen LogP contribution in [0.5, 0.6) is 0 Å². The summed E-state index contributed by atoms with van der Waals surface area (Å²) in [6, 6.07) is 1.56. The molecule has 12 heteroatoms. The zero-order valence-corrected chi connectivity index (χ0v) is 18.0. The Morgan fingerprint density at radius 3 is 2.41 bits per heavy atom. The van der Waals surface area contributed by atoms with E-state index in [1.54, 1.807) is 15.6 Å². The van der Waals surface area contributed by atoms with E-state index in [1.165, 1.54) is 18.7 Å². The van der Waals surface area contributed by atoms with E-state index in [1.807, 2.05) is 6.07 Å². The number of alkyl halides is 4. The van der Waals surface area contributed by atoms with Crippen LogP contribution in [-0.2, 0) is 4.79 Å². The highest BCUT2D eigenvalue weighted by molar-refractivity contribution is 5.87. The smallest absolute Gasteiger partial charge is 0.333 e. The van der Waals surface area contributed by atoms with E-state index in [0.29, 0.717) is 53.1 Å². The van der Waals surface area contributed by atoms with Gasteiger partial charge >= 0.3 is 6.55 Å². The third-order valence-electron chi connectivity index (χ3n) is 8.09. The van der Waals surface area contributed by atoms with Gasteiger partial charge in [0.2, 0.25) is 5.91 Å². The van der Waals surface area contributed by atoms with E-state index in [-0.39, 0.29) is 18.0 Å². The number of hydrogen-bond acceptors (Lipinski definition) is 5. The molecule has 2 aliphatic carbocycles. The number of aromatic nitrogens is 5. The lowest BCUT2D eigenvalue weighted by Gasteiger charge is -2.41. The summed E-state index contributed by atoms with van der Waals surface area (Å²) in [7, 11) is 0. The largest absolute Gasteiger partial charge is 0.351 e. The fourth-order valence-corrected chi connectivity index (χ4v) is 6.15. The van der Waals surface area contributed by atoms with Gasteiger partial charge in [0.1, 0.15) is 17.8 Å². The van der Waals surface area contributed by atoms with Gasteiger partial charge in [-0.2, -0.15) is 19.0 Å². The first kappa shape index (κ1) is 20.2. The summed E-state index contributed by atoms with van der Waals surface area (Å²) >= 11 is 0. The molecule has 4 fully saturated rings. The van der Waals surface area contributed by atoms with Crippen LogP contribution in [-0.4, -0.2) is 66.3 Å². The number of amides is 1. The highest BCUT2D eigenvalue weighted by Crippen LogP contribution is 2.80. The zero-order chi connectivity index (χ0) is 23.4. The van der Waals surface area contributed by atoms with Crippen LogP contribution in [0.1, 0.15) is 32.2 Å². The van der Waals surface area contributed by atoms with Gasteiger partial charge in [-0.1, -0.05) is 0 Å². The summed E-state index contributed by atoms with van der Waals surface area (Å²) in [5.74, 6) is -3.73. The molecular weight excluding hydrogens is 454 g/mol. The molecule has 2 aliphatic heterocycles. The van der Waals surface area contributed by atoms with Crippen molar-refractivity contribution >= 4 is 17.2 Å². The molecule has 3 unspecified atom stereocenters. The number of carbonyl (C=O) groups is 1. The number of nitrogens with zero attached hydrogens (tertiary/aromatic N) is 7. The predicted octanol–water partition coefficient (Wildman–Crippen LogP) is 3.21. The first-order chi connectivity index (χ1) is 16.3. The molecule has 2 bridgehead atoms. The average molecular weight is 475 g/mol. The van der Waals surface area contributed by atoms with Crippen molar-refractivity contribution in [1.82, 2.24) is 29.3 Å². The Morgan fingerprint density at radius 1 is 1.06 bits per heavy atom. The molecule has 0 N–H and O–H groups in total. The molecule has 5 heterocycles. The summed E-state index contributed by atoms with van der Waals surface area (Å²) in [5.41, 5.74) is 0.856. The molecule has 2 saturated heterocycles. The lowest BCUT2D eigenvalue weighted by molar-refractivity contribution is -0.138. The summed E-state index contributed by atoms with van der Waals surface area (Å²) < 4.78 is 56.6. The van der Waals surface area contributed by atoms with Gasteiger partial charge in [0.05, 0.1) is 11.6 Å². The van der Waals surface area contributed by atoms with Gasteiger partial charge in [-0.05, 0) is 31.7 Å². The molecule has 8 nitrogen and oxygen atoms in total. The molecular formula is C22H21F4N7O. The first-order valence-electron chi connectivity index (χ1n) is 11.4. The summed E-state index contributed by atoms with van der Waals surface area (Å²) in [5, 5.41) is 7.94.